The molecule has 100 valence electrons. The fraction of sp³-hybridized carbons (Fsp3) is 0.583. The number of ether oxygens (including phenoxy) is 1. The Labute approximate surface area is 111 Å². The molecular weight excluding hydrogens is 250 g/mol. The number of hydrogen-bond acceptors (Lipinski definition) is 5. The van der Waals surface area contributed by atoms with Gasteiger partial charge < -0.3 is 9.64 Å². The van der Waals surface area contributed by atoms with Gasteiger partial charge in [0, 0.05) is 24.0 Å². The second-order valence-electron chi connectivity index (χ2n) is 4.68. The normalized spacial score (nSPS) is 16.2. The lowest BCUT2D eigenvalue weighted by atomic mass is 10.2. The van der Waals surface area contributed by atoms with Crippen LogP contribution in [0.15, 0.2) is 6.07 Å². The summed E-state index contributed by atoms with van der Waals surface area (Å²) in [6, 6.07) is 2.54. The van der Waals surface area contributed by atoms with Crippen LogP contribution in [0.4, 0.5) is 4.79 Å². The van der Waals surface area contributed by atoms with Gasteiger partial charge in [-0.05, 0) is 38.3 Å². The highest BCUT2D eigenvalue weighted by atomic mass is 32.1. The first kappa shape index (κ1) is 13.3. The van der Waals surface area contributed by atoms with Crippen molar-refractivity contribution in [2.45, 2.75) is 32.7 Å². The molecule has 6 heteroatoms. The lowest BCUT2D eigenvalue weighted by molar-refractivity contribution is 0.202. The zero-order valence-corrected chi connectivity index (χ0v) is 11.5. The van der Waals surface area contributed by atoms with Gasteiger partial charge in [-0.15, -0.1) is 11.3 Å². The lowest BCUT2D eigenvalue weighted by Crippen LogP contribution is -2.33. The van der Waals surface area contributed by atoms with Crippen molar-refractivity contribution in [3.8, 4) is 5.06 Å². The molecule has 0 fully saturated rings. The van der Waals surface area contributed by atoms with Crippen molar-refractivity contribution in [3.05, 3.63) is 16.5 Å². The molecule has 0 saturated heterocycles. The topological polar surface area (TPSA) is 67.6 Å². The molecule has 0 bridgehead atoms. The summed E-state index contributed by atoms with van der Waals surface area (Å²) in [6.07, 6.45) is 1.42. The number of nitrogens with two attached hydrogens (primary N) is 1. The first-order valence-electron chi connectivity index (χ1n) is 6.14. The third kappa shape index (κ3) is 3.01. The number of hydrazine groups is 1. The van der Waals surface area contributed by atoms with Crippen LogP contribution in [-0.4, -0.2) is 30.1 Å². The highest BCUT2D eigenvalue weighted by molar-refractivity contribution is 7.14. The molecule has 0 atom stereocenters. The largest absolute Gasteiger partial charge is 0.427 e. The summed E-state index contributed by atoms with van der Waals surface area (Å²) in [5, 5.41) is 0.626. The van der Waals surface area contributed by atoms with Gasteiger partial charge in [0.2, 0.25) is 0 Å². The Morgan fingerprint density at radius 2 is 2.22 bits per heavy atom. The predicted octanol–water partition coefficient (Wildman–Crippen LogP) is 1.52. The van der Waals surface area contributed by atoms with Crippen LogP contribution in [0.5, 0.6) is 5.06 Å². The molecule has 1 aromatic rings. The van der Waals surface area contributed by atoms with Gasteiger partial charge in [0.05, 0.1) is 0 Å². The van der Waals surface area contributed by atoms with Gasteiger partial charge >= 0.3 is 6.09 Å². The van der Waals surface area contributed by atoms with Gasteiger partial charge in [-0.3, -0.25) is 5.43 Å². The van der Waals surface area contributed by atoms with Crippen LogP contribution in [0, 0.1) is 0 Å². The van der Waals surface area contributed by atoms with Gasteiger partial charge in [0.15, 0.2) is 5.06 Å². The minimum absolute atomic E-state index is 0.581. The fourth-order valence-corrected chi connectivity index (χ4v) is 3.22. The van der Waals surface area contributed by atoms with E-state index in [1.807, 2.05) is 11.5 Å². The van der Waals surface area contributed by atoms with E-state index in [9.17, 15) is 4.79 Å². The van der Waals surface area contributed by atoms with Crippen LogP contribution in [0.1, 0.15) is 24.3 Å². The van der Waals surface area contributed by atoms with Crippen LogP contribution in [0.25, 0.3) is 0 Å². The average Bonchev–Trinajstić information content (AvgIpc) is 2.60. The molecule has 2 rings (SSSR count). The highest BCUT2D eigenvalue weighted by Crippen LogP contribution is 2.32. The molecule has 0 aliphatic carbocycles. The summed E-state index contributed by atoms with van der Waals surface area (Å²) < 4.78 is 5.06. The predicted molar refractivity (Wildman–Crippen MR) is 71.8 cm³/mol. The van der Waals surface area contributed by atoms with Crippen LogP contribution in [-0.2, 0) is 12.8 Å². The Bertz CT molecular complexity index is 405. The first-order valence-corrected chi connectivity index (χ1v) is 6.96. The SMILES string of the molecule is CC(C)N1CCc2cc(OC(=O)NN)sc2CC1. The number of nitrogens with one attached hydrogen (secondary N) is 1. The third-order valence-corrected chi connectivity index (χ3v) is 4.32. The standard InChI is InChI=1S/C12H19N3O2S/c1-8(2)15-5-3-9-7-11(17-12(16)14-13)18-10(9)4-6-15/h7-8H,3-6,13H2,1-2H3,(H,14,16). The molecule has 18 heavy (non-hydrogen) atoms. The van der Waals surface area contributed by atoms with Crippen molar-refractivity contribution in [1.82, 2.24) is 10.3 Å². The van der Waals surface area contributed by atoms with Crippen molar-refractivity contribution in [3.63, 3.8) is 0 Å². The smallest absolute Gasteiger partial charge is 0.398 e. The van der Waals surface area contributed by atoms with E-state index in [-0.39, 0.29) is 0 Å². The summed E-state index contributed by atoms with van der Waals surface area (Å²) in [5.74, 6) is 4.99. The number of carbonyl (C=O) groups excluding carboxylic acids is 1. The minimum Gasteiger partial charge on any atom is -0.398 e. The van der Waals surface area contributed by atoms with Crippen LogP contribution in [0.3, 0.4) is 0 Å². The number of thiophene rings is 1. The Hall–Kier alpha value is -1.11. The van der Waals surface area contributed by atoms with E-state index in [0.717, 1.165) is 25.9 Å². The Morgan fingerprint density at radius 1 is 1.50 bits per heavy atom. The Morgan fingerprint density at radius 3 is 2.89 bits per heavy atom. The second-order valence-corrected chi connectivity index (χ2v) is 5.78. The molecule has 0 unspecified atom stereocenters. The van der Waals surface area contributed by atoms with Crippen molar-refractivity contribution in [2.75, 3.05) is 13.1 Å². The summed E-state index contributed by atoms with van der Waals surface area (Å²) in [4.78, 5) is 14.8. The number of fused-ring (bicyclic) bond motifs is 1. The summed E-state index contributed by atoms with van der Waals surface area (Å²) in [5.41, 5.74) is 3.26. The lowest BCUT2D eigenvalue weighted by Gasteiger charge is -2.23. The average molecular weight is 269 g/mol. The molecule has 5 nitrogen and oxygen atoms in total. The number of carbonyl (C=O) groups is 1. The monoisotopic (exact) mass is 269 g/mol. The molecule has 0 radical (unpaired) electrons. The van der Waals surface area contributed by atoms with Gasteiger partial charge in [-0.2, -0.15) is 0 Å². The Kier molecular flexibility index (Phi) is 4.21. The van der Waals surface area contributed by atoms with E-state index in [2.05, 4.69) is 18.7 Å². The number of amides is 1. The quantitative estimate of drug-likeness (QED) is 0.485. The van der Waals surface area contributed by atoms with E-state index in [1.165, 1.54) is 10.4 Å². The van der Waals surface area contributed by atoms with E-state index in [1.54, 1.807) is 11.3 Å². The maximum Gasteiger partial charge on any atom is 0.427 e. The van der Waals surface area contributed by atoms with Crippen molar-refractivity contribution in [1.29, 1.82) is 0 Å². The number of nitrogens with zero attached hydrogens (tertiary/aromatic N) is 1. The molecule has 0 spiro atoms. The van der Waals surface area contributed by atoms with E-state index in [0.29, 0.717) is 11.1 Å². The summed E-state index contributed by atoms with van der Waals surface area (Å²) in [7, 11) is 0. The van der Waals surface area contributed by atoms with Crippen LogP contribution in [0.2, 0.25) is 0 Å². The zero-order valence-electron chi connectivity index (χ0n) is 10.7. The maximum atomic E-state index is 11.0. The van der Waals surface area contributed by atoms with Crippen LogP contribution >= 0.6 is 11.3 Å². The second kappa shape index (κ2) is 5.69. The molecule has 1 aliphatic heterocycles. The number of rotatable bonds is 2. The van der Waals surface area contributed by atoms with Crippen molar-refractivity contribution >= 4 is 17.4 Å². The molecule has 2 heterocycles. The Balaban J connectivity index is 2.05. The number of hydrogen-bond donors (Lipinski definition) is 2. The maximum absolute atomic E-state index is 11.0. The summed E-state index contributed by atoms with van der Waals surface area (Å²) >= 11 is 1.54. The highest BCUT2D eigenvalue weighted by Gasteiger charge is 2.19. The summed E-state index contributed by atoms with van der Waals surface area (Å²) in [6.45, 7) is 6.57. The first-order chi connectivity index (χ1) is 8.60. The minimum atomic E-state index is -0.616. The van der Waals surface area contributed by atoms with Gasteiger partial charge in [0.25, 0.3) is 0 Å². The zero-order chi connectivity index (χ0) is 13.1. The van der Waals surface area contributed by atoms with E-state index in [4.69, 9.17) is 10.6 Å². The molecular formula is C12H19N3O2S. The van der Waals surface area contributed by atoms with Crippen molar-refractivity contribution < 1.29 is 9.53 Å². The molecule has 0 aromatic carbocycles. The molecule has 1 amide bonds. The molecule has 0 saturated carbocycles. The fourth-order valence-electron chi connectivity index (χ4n) is 2.17. The van der Waals surface area contributed by atoms with Crippen LogP contribution < -0.4 is 16.0 Å². The molecule has 1 aliphatic rings. The van der Waals surface area contributed by atoms with Crippen molar-refractivity contribution in [2.24, 2.45) is 5.84 Å². The third-order valence-electron chi connectivity index (χ3n) is 3.21. The molecule has 1 aromatic heterocycles. The molecule has 3 N–H and O–H groups in total. The van der Waals surface area contributed by atoms with Gasteiger partial charge in [-0.1, -0.05) is 0 Å². The van der Waals surface area contributed by atoms with Gasteiger partial charge in [0.1, 0.15) is 0 Å². The van der Waals surface area contributed by atoms with E-state index < -0.39 is 6.09 Å². The van der Waals surface area contributed by atoms with E-state index >= 15 is 0 Å². The van der Waals surface area contributed by atoms with Gasteiger partial charge in [-0.25, -0.2) is 10.6 Å².